The van der Waals surface area contributed by atoms with Crippen molar-refractivity contribution in [3.05, 3.63) is 41.0 Å². The molecule has 2 nitrogen and oxygen atoms in total. The minimum Gasteiger partial charge on any atom is -0.327 e. The molecule has 0 amide bonds. The summed E-state index contributed by atoms with van der Waals surface area (Å²) in [5, 5.41) is 8.66. The molecular weight excluding hydrogens is 220 g/mol. The van der Waals surface area contributed by atoms with Gasteiger partial charge in [-0.1, -0.05) is 23.8 Å². The number of nitrogens with zero attached hydrogens (tertiary/aromatic N) is 1. The average molecular weight is 235 g/mol. The van der Waals surface area contributed by atoms with Crippen LogP contribution in [0.1, 0.15) is 24.5 Å². The molecule has 2 N–H and O–H groups in total. The Morgan fingerprint density at radius 3 is 2.44 bits per heavy atom. The minimum absolute atomic E-state index is 0. The predicted molar refractivity (Wildman–Crippen MR) is 68.1 cm³/mol. The Morgan fingerprint density at radius 1 is 1.44 bits per heavy atom. The van der Waals surface area contributed by atoms with E-state index in [1.54, 1.807) is 0 Å². The molecule has 0 heterocycles. The molecule has 2 unspecified atom stereocenters. The van der Waals surface area contributed by atoms with Gasteiger partial charge in [-0.05, 0) is 37.0 Å². The van der Waals surface area contributed by atoms with Crippen LogP contribution >= 0.6 is 12.4 Å². The normalized spacial score (nSPS) is 23.2. The lowest BCUT2D eigenvalue weighted by Gasteiger charge is -1.99. The molecule has 1 fully saturated rings. The first kappa shape index (κ1) is 12.8. The standard InChI is InChI=1S/C13H14N2.ClH/c1-9(12-7-13(12)15)6-10-2-4-11(8-14)5-3-10;/h2-6,12-13H,7,15H2,1H3;1H. The quantitative estimate of drug-likeness (QED) is 0.856. The van der Waals surface area contributed by atoms with Gasteiger partial charge in [-0.15, -0.1) is 12.4 Å². The van der Waals surface area contributed by atoms with Crippen molar-refractivity contribution < 1.29 is 0 Å². The monoisotopic (exact) mass is 234 g/mol. The Bertz CT molecular complexity index is 428. The molecule has 1 aromatic carbocycles. The van der Waals surface area contributed by atoms with Crippen LogP contribution in [0.25, 0.3) is 6.08 Å². The number of nitriles is 1. The van der Waals surface area contributed by atoms with E-state index in [2.05, 4.69) is 19.1 Å². The van der Waals surface area contributed by atoms with Crippen molar-refractivity contribution in [3.8, 4) is 6.07 Å². The first-order valence-corrected chi connectivity index (χ1v) is 5.14. The Hall–Kier alpha value is -1.30. The van der Waals surface area contributed by atoms with Crippen molar-refractivity contribution >= 4 is 18.5 Å². The summed E-state index contributed by atoms with van der Waals surface area (Å²) < 4.78 is 0. The summed E-state index contributed by atoms with van der Waals surface area (Å²) in [6.45, 7) is 2.12. The fourth-order valence-corrected chi connectivity index (χ4v) is 1.76. The van der Waals surface area contributed by atoms with Crippen LogP contribution in [0.2, 0.25) is 0 Å². The predicted octanol–water partition coefficient (Wildman–Crippen LogP) is 2.73. The number of hydrogen-bond donors (Lipinski definition) is 1. The van der Waals surface area contributed by atoms with E-state index in [-0.39, 0.29) is 12.4 Å². The van der Waals surface area contributed by atoms with Gasteiger partial charge >= 0.3 is 0 Å². The van der Waals surface area contributed by atoms with E-state index in [9.17, 15) is 0 Å². The second-order valence-corrected chi connectivity index (χ2v) is 4.13. The van der Waals surface area contributed by atoms with E-state index in [1.165, 1.54) is 5.57 Å². The van der Waals surface area contributed by atoms with Gasteiger partial charge in [-0.25, -0.2) is 0 Å². The third kappa shape index (κ3) is 2.85. The van der Waals surface area contributed by atoms with Crippen molar-refractivity contribution in [1.29, 1.82) is 5.26 Å². The van der Waals surface area contributed by atoms with Gasteiger partial charge in [0.05, 0.1) is 11.6 Å². The summed E-state index contributed by atoms with van der Waals surface area (Å²) in [6.07, 6.45) is 3.26. The van der Waals surface area contributed by atoms with Crippen molar-refractivity contribution in [2.75, 3.05) is 0 Å². The lowest BCUT2D eigenvalue weighted by molar-refractivity contribution is 0.924. The molecule has 2 atom stereocenters. The topological polar surface area (TPSA) is 49.8 Å². The van der Waals surface area contributed by atoms with Gasteiger partial charge in [-0.3, -0.25) is 0 Å². The van der Waals surface area contributed by atoms with Gasteiger partial charge in [0, 0.05) is 6.04 Å². The second kappa shape index (κ2) is 5.16. The highest BCUT2D eigenvalue weighted by molar-refractivity contribution is 5.85. The van der Waals surface area contributed by atoms with Crippen molar-refractivity contribution in [2.24, 2.45) is 11.7 Å². The summed E-state index contributed by atoms with van der Waals surface area (Å²) in [7, 11) is 0. The van der Waals surface area contributed by atoms with E-state index < -0.39 is 0 Å². The first-order valence-electron chi connectivity index (χ1n) is 5.14. The van der Waals surface area contributed by atoms with E-state index in [1.807, 2.05) is 24.3 Å². The van der Waals surface area contributed by atoms with Crippen molar-refractivity contribution in [3.63, 3.8) is 0 Å². The van der Waals surface area contributed by atoms with Crippen LogP contribution in [0.4, 0.5) is 0 Å². The maximum absolute atomic E-state index is 8.66. The highest BCUT2D eigenvalue weighted by atomic mass is 35.5. The number of nitrogens with two attached hydrogens (primary N) is 1. The van der Waals surface area contributed by atoms with Crippen molar-refractivity contribution in [2.45, 2.75) is 19.4 Å². The zero-order valence-electron chi connectivity index (χ0n) is 9.18. The van der Waals surface area contributed by atoms with Crippen LogP contribution in [0.3, 0.4) is 0 Å². The van der Waals surface area contributed by atoms with Crippen LogP contribution in [-0.4, -0.2) is 6.04 Å². The molecule has 1 aliphatic rings. The molecule has 0 saturated heterocycles. The van der Waals surface area contributed by atoms with Gasteiger partial charge in [-0.2, -0.15) is 5.26 Å². The van der Waals surface area contributed by atoms with E-state index in [0.29, 0.717) is 17.5 Å². The van der Waals surface area contributed by atoms with Crippen LogP contribution in [-0.2, 0) is 0 Å². The molecule has 0 aromatic heterocycles. The van der Waals surface area contributed by atoms with Gasteiger partial charge in [0.1, 0.15) is 0 Å². The molecule has 0 radical (unpaired) electrons. The summed E-state index contributed by atoms with van der Waals surface area (Å²) in [6, 6.07) is 10.1. The zero-order valence-corrected chi connectivity index (χ0v) is 10.00. The average Bonchev–Trinajstić information content (AvgIpc) is 2.97. The number of benzene rings is 1. The molecule has 0 bridgehead atoms. The zero-order chi connectivity index (χ0) is 10.8. The molecule has 2 rings (SSSR count). The highest BCUT2D eigenvalue weighted by Crippen LogP contribution is 2.35. The van der Waals surface area contributed by atoms with Gasteiger partial charge in [0.15, 0.2) is 0 Å². The molecule has 1 aromatic rings. The third-order valence-corrected chi connectivity index (χ3v) is 2.86. The first-order chi connectivity index (χ1) is 7.20. The maximum Gasteiger partial charge on any atom is 0.0991 e. The number of rotatable bonds is 2. The Morgan fingerprint density at radius 2 is 2.00 bits per heavy atom. The Kier molecular flexibility index (Phi) is 4.12. The van der Waals surface area contributed by atoms with Crippen LogP contribution < -0.4 is 5.73 Å². The summed E-state index contributed by atoms with van der Waals surface area (Å²) in [5.41, 5.74) is 8.97. The van der Waals surface area contributed by atoms with Crippen LogP contribution in [0.5, 0.6) is 0 Å². The van der Waals surface area contributed by atoms with E-state index in [4.69, 9.17) is 11.0 Å². The second-order valence-electron chi connectivity index (χ2n) is 4.13. The Balaban J connectivity index is 0.00000128. The molecule has 0 spiro atoms. The minimum atomic E-state index is 0. The smallest absolute Gasteiger partial charge is 0.0991 e. The highest BCUT2D eigenvalue weighted by Gasteiger charge is 2.34. The molecule has 1 saturated carbocycles. The summed E-state index contributed by atoms with van der Waals surface area (Å²) >= 11 is 0. The summed E-state index contributed by atoms with van der Waals surface area (Å²) in [4.78, 5) is 0. The maximum atomic E-state index is 8.66. The van der Waals surface area contributed by atoms with Crippen LogP contribution in [0, 0.1) is 17.2 Å². The third-order valence-electron chi connectivity index (χ3n) is 2.86. The fourth-order valence-electron chi connectivity index (χ4n) is 1.76. The molecule has 84 valence electrons. The molecule has 0 aliphatic heterocycles. The molecule has 3 heteroatoms. The van der Waals surface area contributed by atoms with E-state index >= 15 is 0 Å². The lowest BCUT2D eigenvalue weighted by Crippen LogP contribution is -2.02. The van der Waals surface area contributed by atoms with Crippen LogP contribution in [0.15, 0.2) is 29.8 Å². The van der Waals surface area contributed by atoms with Gasteiger partial charge < -0.3 is 5.73 Å². The number of halogens is 1. The van der Waals surface area contributed by atoms with E-state index in [0.717, 1.165) is 12.0 Å². The summed E-state index contributed by atoms with van der Waals surface area (Å²) in [5.74, 6) is 0.570. The van der Waals surface area contributed by atoms with Gasteiger partial charge in [0.25, 0.3) is 0 Å². The van der Waals surface area contributed by atoms with Crippen molar-refractivity contribution in [1.82, 2.24) is 0 Å². The molecule has 16 heavy (non-hydrogen) atoms. The Labute approximate surface area is 102 Å². The van der Waals surface area contributed by atoms with Gasteiger partial charge in [0.2, 0.25) is 0 Å². The lowest BCUT2D eigenvalue weighted by atomic mass is 10.1. The molecular formula is C13H15ClN2. The largest absolute Gasteiger partial charge is 0.327 e. The fraction of sp³-hybridized carbons (Fsp3) is 0.308. The SMILES string of the molecule is CC(=Cc1ccc(C#N)cc1)C1CC1N.Cl. The molecule has 1 aliphatic carbocycles. The number of hydrogen-bond acceptors (Lipinski definition) is 2.